The number of halogens is 3. The number of cyclic esters (lactones) is 1. The van der Waals surface area contributed by atoms with E-state index >= 15 is 0 Å². The summed E-state index contributed by atoms with van der Waals surface area (Å²) in [5, 5.41) is 3.43. The quantitative estimate of drug-likeness (QED) is 0.845. The largest absolute Gasteiger partial charge is 0.435 e. The Bertz CT molecular complexity index is 438. The van der Waals surface area contributed by atoms with Crippen LogP contribution in [-0.2, 0) is 10.3 Å². The first-order valence-electron chi connectivity index (χ1n) is 4.56. The lowest BCUT2D eigenvalue weighted by Gasteiger charge is -2.24. The molecule has 1 aromatic rings. The van der Waals surface area contributed by atoms with Gasteiger partial charge in [0.1, 0.15) is 0 Å². The molecule has 1 heterocycles. The minimum absolute atomic E-state index is 0.156. The number of amides is 1. The summed E-state index contributed by atoms with van der Waals surface area (Å²) in [7, 11) is 0. The Balaban J connectivity index is 2.41. The number of ether oxygens (including phenoxy) is 1. The van der Waals surface area contributed by atoms with E-state index in [9.17, 15) is 4.79 Å². The lowest BCUT2D eigenvalue weighted by Crippen LogP contribution is -2.32. The minimum atomic E-state index is -0.854. The van der Waals surface area contributed by atoms with Crippen LogP contribution in [0.25, 0.3) is 0 Å². The van der Waals surface area contributed by atoms with E-state index in [0.29, 0.717) is 16.6 Å². The van der Waals surface area contributed by atoms with Crippen molar-refractivity contribution in [3.8, 4) is 0 Å². The van der Waals surface area contributed by atoms with Crippen LogP contribution in [0, 0.1) is 0 Å². The predicted molar refractivity (Wildman–Crippen MR) is 63.3 cm³/mol. The van der Waals surface area contributed by atoms with E-state index in [1.54, 1.807) is 18.2 Å². The van der Waals surface area contributed by atoms with E-state index in [1.807, 2.05) is 0 Å². The molecule has 0 spiro atoms. The second-order valence-electron chi connectivity index (χ2n) is 3.50. The van der Waals surface area contributed by atoms with Gasteiger partial charge in [0.15, 0.2) is 5.60 Å². The van der Waals surface area contributed by atoms with Crippen LogP contribution in [0.3, 0.4) is 0 Å². The Morgan fingerprint density at radius 2 is 2.12 bits per heavy atom. The first-order chi connectivity index (χ1) is 7.57. The molecule has 1 amide bonds. The van der Waals surface area contributed by atoms with Crippen molar-refractivity contribution >= 4 is 40.9 Å². The normalized spacial score (nSPS) is 24.1. The zero-order valence-electron chi connectivity index (χ0n) is 8.10. The molecule has 0 aromatic heterocycles. The SMILES string of the molecule is O=C1NC[C@@](CCl)(c2ccc(Cl)c(Cl)c2)O1. The number of carbonyl (C=O) groups is 1. The Kier molecular flexibility index (Phi) is 3.19. The third-order valence-corrected chi connectivity index (χ3v) is 3.64. The molecular formula is C10H8Cl3NO2. The fraction of sp³-hybridized carbons (Fsp3) is 0.300. The molecule has 86 valence electrons. The van der Waals surface area contributed by atoms with Crippen LogP contribution in [0.1, 0.15) is 5.56 Å². The second-order valence-corrected chi connectivity index (χ2v) is 4.58. The first kappa shape index (κ1) is 11.8. The maximum atomic E-state index is 11.1. The molecule has 1 aromatic carbocycles. The van der Waals surface area contributed by atoms with Gasteiger partial charge in [-0.05, 0) is 12.1 Å². The van der Waals surface area contributed by atoms with Crippen molar-refractivity contribution in [1.29, 1.82) is 0 Å². The summed E-state index contributed by atoms with van der Waals surface area (Å²) in [5.74, 6) is 0.156. The minimum Gasteiger partial charge on any atom is -0.435 e. The molecule has 16 heavy (non-hydrogen) atoms. The van der Waals surface area contributed by atoms with Crippen LogP contribution in [0.4, 0.5) is 4.79 Å². The molecule has 0 radical (unpaired) electrons. The lowest BCUT2D eigenvalue weighted by atomic mass is 9.96. The van der Waals surface area contributed by atoms with Crippen LogP contribution in [0.15, 0.2) is 18.2 Å². The maximum absolute atomic E-state index is 11.1. The maximum Gasteiger partial charge on any atom is 0.408 e. The van der Waals surface area contributed by atoms with Gasteiger partial charge in [0.05, 0.1) is 22.5 Å². The molecule has 1 N–H and O–H groups in total. The molecular weight excluding hydrogens is 272 g/mol. The number of carbonyl (C=O) groups excluding carboxylic acids is 1. The third-order valence-electron chi connectivity index (χ3n) is 2.47. The number of alkyl halides is 1. The van der Waals surface area contributed by atoms with Gasteiger partial charge in [-0.3, -0.25) is 0 Å². The summed E-state index contributed by atoms with van der Waals surface area (Å²) in [4.78, 5) is 11.1. The average molecular weight is 281 g/mol. The van der Waals surface area contributed by atoms with E-state index in [4.69, 9.17) is 39.5 Å². The number of rotatable bonds is 2. The Labute approximate surface area is 108 Å². The third kappa shape index (κ3) is 1.95. The van der Waals surface area contributed by atoms with Gasteiger partial charge in [-0.25, -0.2) is 4.79 Å². The molecule has 3 nitrogen and oxygen atoms in total. The highest BCUT2D eigenvalue weighted by atomic mass is 35.5. The van der Waals surface area contributed by atoms with Crippen molar-refractivity contribution in [1.82, 2.24) is 5.32 Å². The van der Waals surface area contributed by atoms with Crippen LogP contribution in [0.2, 0.25) is 10.0 Å². The van der Waals surface area contributed by atoms with Gasteiger partial charge in [-0.2, -0.15) is 0 Å². The predicted octanol–water partition coefficient (Wildman–Crippen LogP) is 3.17. The van der Waals surface area contributed by atoms with Crippen molar-refractivity contribution in [2.24, 2.45) is 0 Å². The summed E-state index contributed by atoms with van der Waals surface area (Å²) in [6.45, 7) is 0.327. The summed E-state index contributed by atoms with van der Waals surface area (Å²) in [6, 6.07) is 5.06. The van der Waals surface area contributed by atoms with Crippen molar-refractivity contribution in [3.05, 3.63) is 33.8 Å². The molecule has 2 rings (SSSR count). The van der Waals surface area contributed by atoms with Crippen molar-refractivity contribution in [2.75, 3.05) is 12.4 Å². The molecule has 1 aliphatic heterocycles. The first-order valence-corrected chi connectivity index (χ1v) is 5.85. The van der Waals surface area contributed by atoms with Gasteiger partial charge in [0.2, 0.25) is 0 Å². The number of hydrogen-bond acceptors (Lipinski definition) is 2. The van der Waals surface area contributed by atoms with Crippen molar-refractivity contribution in [2.45, 2.75) is 5.60 Å². The number of nitrogens with one attached hydrogen (secondary N) is 1. The molecule has 1 fully saturated rings. The molecule has 6 heteroatoms. The smallest absolute Gasteiger partial charge is 0.408 e. The molecule has 0 aliphatic carbocycles. The summed E-state index contributed by atoms with van der Waals surface area (Å²) in [5.41, 5.74) is -0.123. The Morgan fingerprint density at radius 3 is 2.62 bits per heavy atom. The zero-order valence-corrected chi connectivity index (χ0v) is 10.4. The molecule has 1 aliphatic rings. The number of benzene rings is 1. The fourth-order valence-corrected chi connectivity index (χ4v) is 2.16. The monoisotopic (exact) mass is 279 g/mol. The van der Waals surface area contributed by atoms with Gasteiger partial charge in [-0.1, -0.05) is 29.3 Å². The average Bonchev–Trinajstić information content (AvgIpc) is 2.65. The van der Waals surface area contributed by atoms with E-state index in [1.165, 1.54) is 0 Å². The standard InChI is InChI=1S/C10H8Cl3NO2/c11-4-10(5-14-9(15)16-10)6-1-2-7(12)8(13)3-6/h1-3H,4-5H2,(H,14,15)/t10-/m0/s1. The van der Waals surface area contributed by atoms with Gasteiger partial charge < -0.3 is 10.1 Å². The molecule has 0 bridgehead atoms. The van der Waals surface area contributed by atoms with Crippen LogP contribution >= 0.6 is 34.8 Å². The topological polar surface area (TPSA) is 38.3 Å². The van der Waals surface area contributed by atoms with Crippen LogP contribution in [-0.4, -0.2) is 18.5 Å². The molecule has 0 saturated carbocycles. The zero-order chi connectivity index (χ0) is 11.8. The van der Waals surface area contributed by atoms with Crippen LogP contribution < -0.4 is 5.32 Å². The van der Waals surface area contributed by atoms with Crippen molar-refractivity contribution in [3.63, 3.8) is 0 Å². The molecule has 1 saturated heterocycles. The van der Waals surface area contributed by atoms with Gasteiger partial charge in [0.25, 0.3) is 0 Å². The fourth-order valence-electron chi connectivity index (χ4n) is 1.56. The van der Waals surface area contributed by atoms with Crippen LogP contribution in [0.5, 0.6) is 0 Å². The summed E-state index contributed by atoms with van der Waals surface area (Å²) in [6.07, 6.45) is -0.480. The highest BCUT2D eigenvalue weighted by molar-refractivity contribution is 6.42. The van der Waals surface area contributed by atoms with Gasteiger partial charge in [0, 0.05) is 5.56 Å². The van der Waals surface area contributed by atoms with Crippen molar-refractivity contribution < 1.29 is 9.53 Å². The highest BCUT2D eigenvalue weighted by Crippen LogP contribution is 2.34. The molecule has 1 atom stereocenters. The number of alkyl carbamates (subject to hydrolysis) is 1. The molecule has 0 unspecified atom stereocenters. The summed E-state index contributed by atoms with van der Waals surface area (Å²) < 4.78 is 5.20. The van der Waals surface area contributed by atoms with Gasteiger partial charge in [-0.15, -0.1) is 11.6 Å². The van der Waals surface area contributed by atoms with E-state index in [2.05, 4.69) is 5.32 Å². The van der Waals surface area contributed by atoms with E-state index in [0.717, 1.165) is 5.56 Å². The van der Waals surface area contributed by atoms with E-state index < -0.39 is 11.7 Å². The summed E-state index contributed by atoms with van der Waals surface area (Å²) >= 11 is 17.6. The lowest BCUT2D eigenvalue weighted by molar-refractivity contribution is 0.0732. The van der Waals surface area contributed by atoms with Gasteiger partial charge >= 0.3 is 6.09 Å². The second kappa shape index (κ2) is 4.32. The van der Waals surface area contributed by atoms with E-state index in [-0.39, 0.29) is 5.88 Å². The Hall–Kier alpha value is -0.640. The Morgan fingerprint density at radius 1 is 1.38 bits per heavy atom. The number of hydrogen-bond donors (Lipinski definition) is 1. The highest BCUT2D eigenvalue weighted by Gasteiger charge is 2.41.